The first-order valence-corrected chi connectivity index (χ1v) is 9.98. The highest BCUT2D eigenvalue weighted by molar-refractivity contribution is 7.92. The van der Waals surface area contributed by atoms with Gasteiger partial charge in [-0.25, -0.2) is 8.42 Å². The van der Waals surface area contributed by atoms with Gasteiger partial charge in [0.2, 0.25) is 15.9 Å². The van der Waals surface area contributed by atoms with Crippen molar-refractivity contribution in [3.63, 3.8) is 0 Å². The number of sulfonamides is 1. The Kier molecular flexibility index (Phi) is 6.05. The molecule has 0 atom stereocenters. The molecule has 2 rings (SSSR count). The molecule has 0 radical (unpaired) electrons. The van der Waals surface area contributed by atoms with Crippen LogP contribution in [0.15, 0.2) is 24.3 Å². The summed E-state index contributed by atoms with van der Waals surface area (Å²) in [6, 6.07) is 7.05. The highest BCUT2D eigenvalue weighted by Gasteiger charge is 2.30. The Morgan fingerprint density at radius 1 is 1.24 bits per heavy atom. The number of anilines is 1. The summed E-state index contributed by atoms with van der Waals surface area (Å²) >= 11 is 0. The van der Waals surface area contributed by atoms with Crippen LogP contribution in [0.4, 0.5) is 5.69 Å². The van der Waals surface area contributed by atoms with E-state index in [9.17, 15) is 18.0 Å². The van der Waals surface area contributed by atoms with E-state index in [0.717, 1.165) is 16.1 Å². The monoisotopic (exact) mass is 368 g/mol. The Labute approximate surface area is 148 Å². The number of methoxy groups -OCH3 is 1. The van der Waals surface area contributed by atoms with Crippen LogP contribution in [-0.2, 0) is 24.3 Å². The summed E-state index contributed by atoms with van der Waals surface area (Å²) in [5.74, 6) is -0.724. The second kappa shape index (κ2) is 7.86. The molecule has 138 valence electrons. The zero-order valence-electron chi connectivity index (χ0n) is 14.8. The van der Waals surface area contributed by atoms with Gasteiger partial charge in [0.15, 0.2) is 0 Å². The Morgan fingerprint density at radius 3 is 2.36 bits per heavy atom. The number of nitrogens with zero attached hydrogens (tertiary/aromatic N) is 2. The molecule has 1 amide bonds. The van der Waals surface area contributed by atoms with E-state index in [1.54, 1.807) is 30.0 Å². The largest absolute Gasteiger partial charge is 0.469 e. The average molecular weight is 368 g/mol. The first kappa shape index (κ1) is 19.2. The fourth-order valence-corrected chi connectivity index (χ4v) is 3.89. The van der Waals surface area contributed by atoms with Gasteiger partial charge in [-0.1, -0.05) is 18.2 Å². The number of ether oxygens (including phenoxy) is 1. The molecule has 0 aliphatic carbocycles. The molecular formula is C17H24N2O5S. The quantitative estimate of drug-likeness (QED) is 0.729. The van der Waals surface area contributed by atoms with E-state index in [2.05, 4.69) is 0 Å². The number of aryl methyl sites for hydroxylation is 1. The van der Waals surface area contributed by atoms with Crippen molar-refractivity contribution in [1.29, 1.82) is 0 Å². The number of carbonyl (C=O) groups excluding carboxylic acids is 2. The van der Waals surface area contributed by atoms with Crippen LogP contribution < -0.4 is 4.31 Å². The van der Waals surface area contributed by atoms with Crippen LogP contribution in [0.1, 0.15) is 18.4 Å². The van der Waals surface area contributed by atoms with Crippen molar-refractivity contribution >= 4 is 27.6 Å². The maximum atomic E-state index is 12.6. The molecule has 1 heterocycles. The third-order valence-corrected chi connectivity index (χ3v) is 5.57. The summed E-state index contributed by atoms with van der Waals surface area (Å²) in [5.41, 5.74) is 1.29. The van der Waals surface area contributed by atoms with E-state index in [1.165, 1.54) is 7.11 Å². The van der Waals surface area contributed by atoms with Gasteiger partial charge >= 0.3 is 5.97 Å². The van der Waals surface area contributed by atoms with Crippen LogP contribution in [0.25, 0.3) is 0 Å². The van der Waals surface area contributed by atoms with Crippen LogP contribution in [0.3, 0.4) is 0 Å². The molecule has 25 heavy (non-hydrogen) atoms. The molecular weight excluding hydrogens is 344 g/mol. The van der Waals surface area contributed by atoms with E-state index in [4.69, 9.17) is 4.74 Å². The minimum Gasteiger partial charge on any atom is -0.469 e. The zero-order chi connectivity index (χ0) is 18.6. The minimum atomic E-state index is -3.59. The molecule has 0 N–H and O–H groups in total. The van der Waals surface area contributed by atoms with E-state index >= 15 is 0 Å². The Bertz CT molecular complexity index is 739. The minimum absolute atomic E-state index is 0.198. The fourth-order valence-electron chi connectivity index (χ4n) is 2.98. The molecule has 1 saturated heterocycles. The molecule has 7 nitrogen and oxygen atoms in total. The van der Waals surface area contributed by atoms with Crippen molar-refractivity contribution in [2.45, 2.75) is 19.8 Å². The van der Waals surface area contributed by atoms with Gasteiger partial charge in [-0.3, -0.25) is 13.9 Å². The lowest BCUT2D eigenvalue weighted by Crippen LogP contribution is -2.46. The van der Waals surface area contributed by atoms with Gasteiger partial charge in [-0.05, 0) is 31.4 Å². The van der Waals surface area contributed by atoms with Gasteiger partial charge in [0.25, 0.3) is 0 Å². The number of carbonyl (C=O) groups is 2. The molecule has 8 heteroatoms. The van der Waals surface area contributed by atoms with Gasteiger partial charge in [-0.15, -0.1) is 0 Å². The van der Waals surface area contributed by atoms with Crippen molar-refractivity contribution in [2.24, 2.45) is 5.92 Å². The van der Waals surface area contributed by atoms with Gasteiger partial charge < -0.3 is 9.64 Å². The summed E-state index contributed by atoms with van der Waals surface area (Å²) in [6.07, 6.45) is 2.15. The number of rotatable bonds is 5. The molecule has 1 aliphatic heterocycles. The number of para-hydroxylation sites is 1. The smallest absolute Gasteiger partial charge is 0.308 e. The molecule has 0 saturated carbocycles. The van der Waals surface area contributed by atoms with Crippen LogP contribution in [0, 0.1) is 12.8 Å². The Balaban J connectivity index is 2.09. The fraction of sp³-hybridized carbons (Fsp3) is 0.529. The number of hydrogen-bond donors (Lipinski definition) is 0. The molecule has 0 spiro atoms. The normalized spacial score (nSPS) is 15.7. The third kappa shape index (κ3) is 4.72. The lowest BCUT2D eigenvalue weighted by Gasteiger charge is -2.32. The number of benzene rings is 1. The van der Waals surface area contributed by atoms with Crippen LogP contribution in [0.5, 0.6) is 0 Å². The maximum absolute atomic E-state index is 12.6. The highest BCUT2D eigenvalue weighted by Crippen LogP contribution is 2.23. The lowest BCUT2D eigenvalue weighted by atomic mass is 9.97. The lowest BCUT2D eigenvalue weighted by molar-refractivity contribution is -0.148. The molecule has 0 bridgehead atoms. The summed E-state index contributed by atoms with van der Waals surface area (Å²) in [6.45, 7) is 2.40. The third-order valence-electron chi connectivity index (χ3n) is 4.45. The van der Waals surface area contributed by atoms with Gasteiger partial charge in [0.05, 0.1) is 25.0 Å². The SMILES string of the molecule is COC(=O)C1CCN(C(=O)CN(c2ccccc2C)S(C)(=O)=O)CC1. The molecule has 1 aromatic carbocycles. The highest BCUT2D eigenvalue weighted by atomic mass is 32.2. The van der Waals surface area contributed by atoms with Gasteiger partial charge in [-0.2, -0.15) is 0 Å². The molecule has 1 fully saturated rings. The standard InChI is InChI=1S/C17H24N2O5S/c1-13-6-4-5-7-15(13)19(25(3,22)23)12-16(20)18-10-8-14(9-11-18)17(21)24-2/h4-7,14H,8-12H2,1-3H3. The van der Waals surface area contributed by atoms with Gasteiger partial charge in [0, 0.05) is 13.1 Å². The molecule has 1 aromatic rings. The topological polar surface area (TPSA) is 84.0 Å². The Morgan fingerprint density at radius 2 is 1.84 bits per heavy atom. The van der Waals surface area contributed by atoms with Crippen LogP contribution in [0.2, 0.25) is 0 Å². The van der Waals surface area contributed by atoms with Crippen LogP contribution in [-0.4, -0.2) is 58.2 Å². The number of amides is 1. The summed E-state index contributed by atoms with van der Waals surface area (Å²) in [7, 11) is -2.24. The van der Waals surface area contributed by atoms with Crippen molar-refractivity contribution in [3.8, 4) is 0 Å². The first-order chi connectivity index (χ1) is 11.7. The average Bonchev–Trinajstić information content (AvgIpc) is 2.58. The molecule has 0 unspecified atom stereocenters. The molecule has 0 aromatic heterocycles. The second-order valence-corrected chi connectivity index (χ2v) is 8.14. The summed E-state index contributed by atoms with van der Waals surface area (Å²) < 4.78 is 30.2. The number of likely N-dealkylation sites (tertiary alicyclic amines) is 1. The molecule has 1 aliphatic rings. The van der Waals surface area contributed by atoms with E-state index in [1.807, 2.05) is 6.07 Å². The number of esters is 1. The van der Waals surface area contributed by atoms with E-state index in [-0.39, 0.29) is 24.3 Å². The van der Waals surface area contributed by atoms with Crippen LogP contribution >= 0.6 is 0 Å². The van der Waals surface area contributed by atoms with Gasteiger partial charge in [0.1, 0.15) is 6.54 Å². The van der Waals surface area contributed by atoms with Crippen molar-refractivity contribution < 1.29 is 22.7 Å². The number of hydrogen-bond acceptors (Lipinski definition) is 5. The first-order valence-electron chi connectivity index (χ1n) is 8.13. The zero-order valence-corrected chi connectivity index (χ0v) is 15.6. The summed E-state index contributed by atoms with van der Waals surface area (Å²) in [5, 5.41) is 0. The number of piperidine rings is 1. The van der Waals surface area contributed by atoms with Crippen molar-refractivity contribution in [3.05, 3.63) is 29.8 Å². The van der Waals surface area contributed by atoms with Crippen molar-refractivity contribution in [1.82, 2.24) is 4.90 Å². The predicted octanol–water partition coefficient (Wildman–Crippen LogP) is 1.17. The van der Waals surface area contributed by atoms with E-state index < -0.39 is 10.0 Å². The van der Waals surface area contributed by atoms with E-state index in [0.29, 0.717) is 31.6 Å². The Hall–Kier alpha value is -2.09. The summed E-state index contributed by atoms with van der Waals surface area (Å²) in [4.78, 5) is 25.8. The second-order valence-electron chi connectivity index (χ2n) is 6.23. The van der Waals surface area contributed by atoms with Crippen molar-refractivity contribution in [2.75, 3.05) is 37.3 Å². The maximum Gasteiger partial charge on any atom is 0.308 e. The predicted molar refractivity (Wildman–Crippen MR) is 94.7 cm³/mol.